The first kappa shape index (κ1) is 17.5. The van der Waals surface area contributed by atoms with Crippen molar-refractivity contribution in [3.63, 3.8) is 0 Å². The number of halogens is 1. The lowest BCUT2D eigenvalue weighted by Crippen LogP contribution is -1.95. The Bertz CT molecular complexity index is 44.7. The van der Waals surface area contributed by atoms with Crippen LogP contribution in [-0.2, 0) is 0 Å². The van der Waals surface area contributed by atoms with Crippen LogP contribution in [0.1, 0.15) is 13.3 Å². The Hall–Kier alpha value is 1.42. The second kappa shape index (κ2) is 16.8. The van der Waals surface area contributed by atoms with Crippen LogP contribution in [0.25, 0.3) is 0 Å². The number of hydrogen-bond donors (Lipinski definition) is 1. The SMILES string of the molecule is Br.CCCO.C[SiH](C)[CH2][Mg+2]. The molecule has 0 fully saturated rings. The smallest absolute Gasteiger partial charge is 0.396 e. The van der Waals surface area contributed by atoms with E-state index in [1.54, 1.807) is 0 Å². The molecule has 0 spiro atoms. The van der Waals surface area contributed by atoms with Gasteiger partial charge >= 0.3 is 21.7 Å². The molecule has 1 nitrogen and oxygen atoms in total. The van der Waals surface area contributed by atoms with Crippen LogP contribution in [0.5, 0.6) is 0 Å². The highest BCUT2D eigenvalue weighted by atomic mass is 79.9. The van der Waals surface area contributed by atoms with Gasteiger partial charge in [-0.1, -0.05) is 20.0 Å². The Kier molecular flexibility index (Phi) is 29.4. The minimum Gasteiger partial charge on any atom is -0.396 e. The molecule has 7 radical (unpaired) electrons. The van der Waals surface area contributed by atoms with Gasteiger partial charge in [0.05, 0.1) is 0 Å². The zero-order valence-electron chi connectivity index (χ0n) is 7.26. The molecule has 0 aliphatic rings. The third kappa shape index (κ3) is 34.2. The maximum atomic E-state index is 7.88. The summed E-state index contributed by atoms with van der Waals surface area (Å²) in [5.74, 6) is 0. The lowest BCUT2D eigenvalue weighted by molar-refractivity contribution is 0.295. The number of rotatable bonds is 2. The highest BCUT2D eigenvalue weighted by molar-refractivity contribution is 8.93. The third-order valence-corrected chi connectivity index (χ3v) is 5.42. The van der Waals surface area contributed by atoms with E-state index in [1.165, 1.54) is 4.17 Å². The van der Waals surface area contributed by atoms with Crippen LogP contribution in [0.4, 0.5) is 0 Å². The molecule has 0 rings (SSSR count). The van der Waals surface area contributed by atoms with Crippen LogP contribution in [0.15, 0.2) is 0 Å². The largest absolute Gasteiger partial charge is 1.41 e. The van der Waals surface area contributed by atoms with Crippen molar-refractivity contribution in [1.29, 1.82) is 0 Å². The molecular formula is C6H18BrMgOSi+2. The Balaban J connectivity index is -0.0000000910. The van der Waals surface area contributed by atoms with Crippen LogP contribution >= 0.6 is 17.0 Å². The van der Waals surface area contributed by atoms with E-state index < -0.39 is 0 Å². The lowest BCUT2D eigenvalue weighted by Gasteiger charge is -1.71. The average Bonchev–Trinajstić information content (AvgIpc) is 1.89. The molecule has 0 aliphatic carbocycles. The van der Waals surface area contributed by atoms with E-state index in [9.17, 15) is 0 Å². The topological polar surface area (TPSA) is 20.2 Å². The van der Waals surface area contributed by atoms with Gasteiger partial charge in [0.1, 0.15) is 8.80 Å². The predicted molar refractivity (Wildman–Crippen MR) is 57.1 cm³/mol. The number of hydrogen-bond acceptors (Lipinski definition) is 1. The van der Waals surface area contributed by atoms with Gasteiger partial charge in [-0.2, -0.15) is 0 Å². The monoisotopic (exact) mass is 237 g/mol. The zero-order valence-corrected chi connectivity index (χ0v) is 11.5. The van der Waals surface area contributed by atoms with E-state index >= 15 is 0 Å². The summed E-state index contributed by atoms with van der Waals surface area (Å²) in [5.41, 5.74) is 0. The molecule has 0 saturated carbocycles. The summed E-state index contributed by atoms with van der Waals surface area (Å²) in [5, 5.41) is 7.88. The zero-order chi connectivity index (χ0) is 7.70. The summed E-state index contributed by atoms with van der Waals surface area (Å²) in [4.78, 5) is 0. The normalized spacial score (nSPS) is 7.80. The molecule has 59 valence electrons. The van der Waals surface area contributed by atoms with E-state index in [0.717, 1.165) is 6.42 Å². The van der Waals surface area contributed by atoms with E-state index in [4.69, 9.17) is 5.11 Å². The maximum Gasteiger partial charge on any atom is 1.41 e. The second-order valence-electron chi connectivity index (χ2n) is 2.41. The lowest BCUT2D eigenvalue weighted by atomic mass is 10.5. The van der Waals surface area contributed by atoms with E-state index in [-0.39, 0.29) is 25.8 Å². The van der Waals surface area contributed by atoms with Gasteiger partial charge in [0.2, 0.25) is 4.17 Å². The predicted octanol–water partition coefficient (Wildman–Crippen LogP) is 1.57. The van der Waals surface area contributed by atoms with Crippen molar-refractivity contribution in [2.75, 3.05) is 6.61 Å². The number of aliphatic hydroxyl groups is 1. The molecule has 0 aromatic heterocycles. The number of aliphatic hydroxyl groups excluding tert-OH is 1. The van der Waals surface area contributed by atoms with Crippen molar-refractivity contribution < 1.29 is 5.11 Å². The quantitative estimate of drug-likeness (QED) is 0.724. The van der Waals surface area contributed by atoms with Gasteiger partial charge in [0.25, 0.3) is 0 Å². The van der Waals surface area contributed by atoms with Crippen LogP contribution in [0, 0.1) is 0 Å². The molecule has 0 aromatic rings. The van der Waals surface area contributed by atoms with Crippen molar-refractivity contribution in [3.05, 3.63) is 0 Å². The van der Waals surface area contributed by atoms with Crippen molar-refractivity contribution >= 4 is 47.5 Å². The first-order valence-electron chi connectivity index (χ1n) is 3.59. The van der Waals surface area contributed by atoms with Crippen molar-refractivity contribution in [1.82, 2.24) is 0 Å². The first-order valence-corrected chi connectivity index (χ1v) is 7.71. The third-order valence-electron chi connectivity index (χ3n) is 0.801. The highest BCUT2D eigenvalue weighted by Gasteiger charge is 2.24. The molecule has 0 atom stereocenters. The molecule has 1 N–H and O–H groups in total. The Morgan fingerprint density at radius 3 is 1.60 bits per heavy atom. The fourth-order valence-corrected chi connectivity index (χ4v) is 0. The van der Waals surface area contributed by atoms with Crippen molar-refractivity contribution in [2.45, 2.75) is 30.6 Å². The van der Waals surface area contributed by atoms with Gasteiger partial charge < -0.3 is 5.11 Å². The summed E-state index contributed by atoms with van der Waals surface area (Å²) in [6.45, 7) is 6.99. The fourth-order valence-electron chi connectivity index (χ4n) is 0. The van der Waals surface area contributed by atoms with Gasteiger partial charge in [-0.25, -0.2) is 0 Å². The van der Waals surface area contributed by atoms with E-state index in [1.807, 2.05) is 6.92 Å². The van der Waals surface area contributed by atoms with Gasteiger partial charge in [-0.15, -0.1) is 17.0 Å². The van der Waals surface area contributed by atoms with Crippen LogP contribution in [0.2, 0.25) is 17.3 Å². The van der Waals surface area contributed by atoms with E-state index in [2.05, 4.69) is 34.8 Å². The van der Waals surface area contributed by atoms with Crippen molar-refractivity contribution in [3.8, 4) is 0 Å². The Labute approximate surface area is 89.4 Å². The van der Waals surface area contributed by atoms with Crippen LogP contribution in [0.3, 0.4) is 0 Å². The summed E-state index contributed by atoms with van der Waals surface area (Å²) < 4.78 is 1.47. The molecular weight excluding hydrogens is 220 g/mol. The van der Waals surface area contributed by atoms with Gasteiger partial charge in [0.15, 0.2) is 0 Å². The summed E-state index contributed by atoms with van der Waals surface area (Å²) >= 11 is 2.10. The van der Waals surface area contributed by atoms with Crippen molar-refractivity contribution in [2.24, 2.45) is 0 Å². The molecule has 0 heterocycles. The fraction of sp³-hybridized carbons (Fsp3) is 1.00. The molecule has 4 heteroatoms. The summed E-state index contributed by atoms with van der Waals surface area (Å²) in [6, 6.07) is 0. The average molecular weight is 239 g/mol. The Morgan fingerprint density at radius 2 is 1.60 bits per heavy atom. The molecule has 0 aromatic carbocycles. The standard InChI is InChI=1S/C3H8O.C3H9Si.BrH.Mg/c1-2-3-4;1-4(2)3;;/h4H,2-3H2,1H3;4H,1H2,2-3H3;1H;/q;;;+2. The molecule has 0 amide bonds. The summed E-state index contributed by atoms with van der Waals surface area (Å²) in [6.07, 6.45) is 0.875. The Morgan fingerprint density at radius 1 is 1.40 bits per heavy atom. The second-order valence-corrected chi connectivity index (χ2v) is 7.50. The molecule has 0 aliphatic heterocycles. The molecule has 0 saturated heterocycles. The molecule has 10 heavy (non-hydrogen) atoms. The maximum absolute atomic E-state index is 7.88. The summed E-state index contributed by atoms with van der Waals surface area (Å²) in [7, 11) is -0.137. The highest BCUT2D eigenvalue weighted by Crippen LogP contribution is 1.79. The van der Waals surface area contributed by atoms with Gasteiger partial charge in [-0.05, 0) is 6.42 Å². The van der Waals surface area contributed by atoms with Crippen LogP contribution < -0.4 is 0 Å². The van der Waals surface area contributed by atoms with Gasteiger partial charge in [-0.3, -0.25) is 0 Å². The first-order chi connectivity index (χ1) is 4.18. The molecule has 0 bridgehead atoms. The van der Waals surface area contributed by atoms with E-state index in [0.29, 0.717) is 6.61 Å². The molecule has 0 unspecified atom stereocenters. The minimum absolute atomic E-state index is 0. The van der Waals surface area contributed by atoms with Gasteiger partial charge in [0, 0.05) is 6.61 Å². The minimum atomic E-state index is -0.137. The van der Waals surface area contributed by atoms with Crippen LogP contribution in [-0.4, -0.2) is 42.2 Å².